The third kappa shape index (κ3) is 2.36. The highest BCUT2D eigenvalue weighted by Crippen LogP contribution is 2.35. The summed E-state index contributed by atoms with van der Waals surface area (Å²) in [5.74, 6) is 0. The predicted octanol–water partition coefficient (Wildman–Crippen LogP) is 4.32. The highest BCUT2D eigenvalue weighted by molar-refractivity contribution is 6.71. The van der Waals surface area contributed by atoms with Gasteiger partial charge in [-0.1, -0.05) is 78.9 Å². The first-order chi connectivity index (χ1) is 12.8. The fourth-order valence-electron chi connectivity index (χ4n) is 4.20. The molecule has 0 aromatic heterocycles. The second-order valence-electron chi connectivity index (χ2n) is 6.95. The molecular formula is C23H20BNO. The fourth-order valence-corrected chi connectivity index (χ4v) is 4.20. The van der Waals surface area contributed by atoms with E-state index in [1.807, 2.05) is 0 Å². The number of hydrogen-bond donors (Lipinski definition) is 0. The molecule has 4 aromatic carbocycles. The minimum Gasteiger partial charge on any atom is -0.416 e. The summed E-state index contributed by atoms with van der Waals surface area (Å²) in [6, 6.07) is 28.2. The summed E-state index contributed by atoms with van der Waals surface area (Å²) in [5, 5.41) is 5.14. The Kier molecular flexibility index (Phi) is 3.77. The Labute approximate surface area is 154 Å². The van der Waals surface area contributed by atoms with Crippen LogP contribution in [0.1, 0.15) is 0 Å². The lowest BCUT2D eigenvalue weighted by molar-refractivity contribution is 0.376. The van der Waals surface area contributed by atoms with Crippen LogP contribution in [0.25, 0.3) is 32.7 Å². The van der Waals surface area contributed by atoms with Gasteiger partial charge in [-0.3, -0.25) is 0 Å². The molecule has 0 unspecified atom stereocenters. The third-order valence-electron chi connectivity index (χ3n) is 5.40. The van der Waals surface area contributed by atoms with Crippen LogP contribution in [0.15, 0.2) is 78.9 Å². The minimum absolute atomic E-state index is 0.00891. The number of rotatable bonds is 2. The Bertz CT molecular complexity index is 1040. The van der Waals surface area contributed by atoms with E-state index in [0.29, 0.717) is 0 Å². The molecular weight excluding hydrogens is 317 g/mol. The van der Waals surface area contributed by atoms with Gasteiger partial charge in [-0.15, -0.1) is 0 Å². The zero-order valence-corrected chi connectivity index (χ0v) is 14.9. The Balaban J connectivity index is 1.95. The van der Waals surface area contributed by atoms with Crippen LogP contribution < -0.4 is 5.46 Å². The SMILES string of the molecule is CN1CCOB1c1c2ccccc2c(-c2ccccc2)c2ccccc12. The van der Waals surface area contributed by atoms with Crippen molar-refractivity contribution >= 4 is 34.1 Å². The van der Waals surface area contributed by atoms with Gasteiger partial charge in [-0.2, -0.15) is 0 Å². The van der Waals surface area contributed by atoms with Crippen LogP contribution >= 0.6 is 0 Å². The van der Waals surface area contributed by atoms with Gasteiger partial charge in [0.05, 0.1) is 0 Å². The van der Waals surface area contributed by atoms with Crippen molar-refractivity contribution in [1.82, 2.24) is 4.81 Å². The molecule has 26 heavy (non-hydrogen) atoms. The quantitative estimate of drug-likeness (QED) is 0.399. The summed E-state index contributed by atoms with van der Waals surface area (Å²) >= 11 is 0. The van der Waals surface area contributed by atoms with Gasteiger partial charge in [0.1, 0.15) is 0 Å². The van der Waals surface area contributed by atoms with E-state index in [1.54, 1.807) is 0 Å². The first-order valence-corrected chi connectivity index (χ1v) is 9.15. The molecule has 1 aliphatic rings. The van der Waals surface area contributed by atoms with Crippen molar-refractivity contribution in [3.8, 4) is 11.1 Å². The highest BCUT2D eigenvalue weighted by atomic mass is 16.5. The lowest BCUT2D eigenvalue weighted by Gasteiger charge is -2.21. The lowest BCUT2D eigenvalue weighted by atomic mass is 9.67. The highest BCUT2D eigenvalue weighted by Gasteiger charge is 2.33. The van der Waals surface area contributed by atoms with Crippen LogP contribution in [0, 0.1) is 0 Å². The molecule has 126 valence electrons. The Morgan fingerprint density at radius 1 is 0.731 bits per heavy atom. The summed E-state index contributed by atoms with van der Waals surface area (Å²) in [5.41, 5.74) is 3.85. The molecule has 5 rings (SSSR count). The second kappa shape index (κ2) is 6.28. The number of fused-ring (bicyclic) bond motifs is 2. The van der Waals surface area contributed by atoms with E-state index in [2.05, 4.69) is 90.7 Å². The zero-order valence-electron chi connectivity index (χ0n) is 14.9. The maximum Gasteiger partial charge on any atom is 0.419 e. The van der Waals surface area contributed by atoms with Gasteiger partial charge in [-0.05, 0) is 45.2 Å². The van der Waals surface area contributed by atoms with Gasteiger partial charge in [0.15, 0.2) is 0 Å². The number of hydrogen-bond acceptors (Lipinski definition) is 2. The minimum atomic E-state index is 0.00891. The monoisotopic (exact) mass is 337 g/mol. The number of benzene rings is 4. The van der Waals surface area contributed by atoms with Crippen LogP contribution in [-0.2, 0) is 4.65 Å². The molecule has 0 N–H and O–H groups in total. The van der Waals surface area contributed by atoms with E-state index in [9.17, 15) is 0 Å². The molecule has 0 radical (unpaired) electrons. The average Bonchev–Trinajstić information content (AvgIpc) is 3.12. The van der Waals surface area contributed by atoms with Crippen LogP contribution in [0.5, 0.6) is 0 Å². The number of nitrogens with zero attached hydrogens (tertiary/aromatic N) is 1. The number of likely N-dealkylation sites (N-methyl/N-ethyl adjacent to an activating group) is 1. The standard InChI is InChI=1S/C23H20BNO/c1-25-15-16-26-24(25)23-20-13-7-5-11-18(20)22(17-9-3-2-4-10-17)19-12-6-8-14-21(19)23/h2-14H,15-16H2,1H3. The van der Waals surface area contributed by atoms with Gasteiger partial charge in [0.2, 0.25) is 0 Å². The van der Waals surface area contributed by atoms with E-state index in [1.165, 1.54) is 38.1 Å². The molecule has 3 heteroatoms. The topological polar surface area (TPSA) is 12.5 Å². The summed E-state index contributed by atoms with van der Waals surface area (Å²) in [4.78, 5) is 2.30. The van der Waals surface area contributed by atoms with Crippen LogP contribution in [0.3, 0.4) is 0 Å². The molecule has 1 heterocycles. The van der Waals surface area contributed by atoms with E-state index in [4.69, 9.17) is 4.65 Å². The Morgan fingerprint density at radius 2 is 1.27 bits per heavy atom. The predicted molar refractivity (Wildman–Crippen MR) is 111 cm³/mol. The Hall–Kier alpha value is -2.62. The first kappa shape index (κ1) is 15.6. The molecule has 0 saturated carbocycles. The molecule has 0 amide bonds. The van der Waals surface area contributed by atoms with Gasteiger partial charge < -0.3 is 9.47 Å². The van der Waals surface area contributed by atoms with Gasteiger partial charge in [0, 0.05) is 13.2 Å². The van der Waals surface area contributed by atoms with E-state index in [0.717, 1.165) is 13.2 Å². The molecule has 1 aliphatic heterocycles. The van der Waals surface area contributed by atoms with Crippen LogP contribution in [-0.4, -0.2) is 32.1 Å². The first-order valence-electron chi connectivity index (χ1n) is 9.15. The van der Waals surface area contributed by atoms with E-state index in [-0.39, 0.29) is 7.05 Å². The molecule has 0 atom stereocenters. The van der Waals surface area contributed by atoms with Crippen molar-refractivity contribution in [3.63, 3.8) is 0 Å². The summed E-state index contributed by atoms with van der Waals surface area (Å²) in [7, 11) is 2.15. The smallest absolute Gasteiger partial charge is 0.416 e. The van der Waals surface area contributed by atoms with Crippen molar-refractivity contribution in [1.29, 1.82) is 0 Å². The molecule has 1 fully saturated rings. The maximum absolute atomic E-state index is 6.14. The molecule has 2 nitrogen and oxygen atoms in total. The fraction of sp³-hybridized carbons (Fsp3) is 0.130. The summed E-state index contributed by atoms with van der Waals surface area (Å²) in [6.07, 6.45) is 0. The van der Waals surface area contributed by atoms with Crippen molar-refractivity contribution < 1.29 is 4.65 Å². The molecule has 0 spiro atoms. The van der Waals surface area contributed by atoms with Crippen molar-refractivity contribution in [2.24, 2.45) is 0 Å². The molecule has 1 saturated heterocycles. The molecule has 0 aliphatic carbocycles. The largest absolute Gasteiger partial charge is 0.419 e. The normalized spacial score (nSPS) is 15.2. The molecule has 0 bridgehead atoms. The van der Waals surface area contributed by atoms with Crippen molar-refractivity contribution in [3.05, 3.63) is 78.9 Å². The van der Waals surface area contributed by atoms with Gasteiger partial charge in [0.25, 0.3) is 0 Å². The second-order valence-corrected chi connectivity index (χ2v) is 6.95. The Morgan fingerprint density at radius 3 is 1.81 bits per heavy atom. The van der Waals surface area contributed by atoms with E-state index >= 15 is 0 Å². The van der Waals surface area contributed by atoms with Gasteiger partial charge >= 0.3 is 7.05 Å². The average molecular weight is 337 g/mol. The third-order valence-corrected chi connectivity index (χ3v) is 5.40. The maximum atomic E-state index is 6.14. The lowest BCUT2D eigenvalue weighted by Crippen LogP contribution is -2.43. The zero-order chi connectivity index (χ0) is 17.5. The van der Waals surface area contributed by atoms with Crippen molar-refractivity contribution in [2.45, 2.75) is 0 Å². The summed E-state index contributed by atoms with van der Waals surface area (Å²) in [6.45, 7) is 1.75. The van der Waals surface area contributed by atoms with Crippen LogP contribution in [0.2, 0.25) is 0 Å². The molecule has 4 aromatic rings. The van der Waals surface area contributed by atoms with E-state index < -0.39 is 0 Å². The van der Waals surface area contributed by atoms with Crippen molar-refractivity contribution in [2.75, 3.05) is 20.2 Å². The van der Waals surface area contributed by atoms with Gasteiger partial charge in [-0.25, -0.2) is 0 Å². The summed E-state index contributed by atoms with van der Waals surface area (Å²) < 4.78 is 6.14. The van der Waals surface area contributed by atoms with Crippen LogP contribution in [0.4, 0.5) is 0 Å².